The van der Waals surface area contributed by atoms with E-state index in [1.165, 1.54) is 4.57 Å². The lowest BCUT2D eigenvalue weighted by molar-refractivity contribution is 0.101. The molecule has 0 fully saturated rings. The molecule has 0 unspecified atom stereocenters. The van der Waals surface area contributed by atoms with Crippen molar-refractivity contribution < 1.29 is 14.7 Å². The van der Waals surface area contributed by atoms with Crippen LogP contribution in [-0.2, 0) is 6.54 Å². The molecule has 1 aromatic heterocycles. The number of thioether (sulfide) groups is 1. The molecule has 8 heteroatoms. The lowest BCUT2D eigenvalue weighted by Crippen LogP contribution is -2.22. The van der Waals surface area contributed by atoms with Crippen molar-refractivity contribution in [3.8, 4) is 5.88 Å². The van der Waals surface area contributed by atoms with E-state index in [9.17, 15) is 19.5 Å². The largest absolute Gasteiger partial charge is 0.493 e. The molecule has 0 saturated heterocycles. The molecule has 2 N–H and O–H groups in total. The molecule has 0 aliphatic carbocycles. The average Bonchev–Trinajstić information content (AvgIpc) is 2.75. The Balaban J connectivity index is 1.64. The fourth-order valence-electron chi connectivity index (χ4n) is 2.76. The number of carbonyl (C=O) groups is 2. The molecule has 0 atom stereocenters. The molecule has 2 aromatic carbocycles. The number of benzene rings is 2. The number of nitrogens with one attached hydrogen (secondary N) is 1. The minimum absolute atomic E-state index is 0.0648. The molecule has 0 aliphatic rings. The minimum atomic E-state index is -0.360. The van der Waals surface area contributed by atoms with E-state index in [0.717, 1.165) is 24.2 Å². The summed E-state index contributed by atoms with van der Waals surface area (Å²) in [4.78, 5) is 40.7. The van der Waals surface area contributed by atoms with Gasteiger partial charge >= 0.3 is 0 Å². The van der Waals surface area contributed by atoms with Crippen LogP contribution in [0.25, 0.3) is 0 Å². The maximum atomic E-state index is 12.5. The number of carbonyl (C=O) groups excluding carboxylic acids is 2. The Hall–Kier alpha value is -3.39. The number of anilines is 1. The Morgan fingerprint density at radius 1 is 1.07 bits per heavy atom. The predicted octanol–water partition coefficient (Wildman–Crippen LogP) is 3.59. The maximum Gasteiger partial charge on any atom is 0.257 e. The summed E-state index contributed by atoms with van der Waals surface area (Å²) in [6, 6.07) is 16.5. The van der Waals surface area contributed by atoms with Crippen LogP contribution in [0, 0.1) is 0 Å². The van der Waals surface area contributed by atoms with Gasteiger partial charge < -0.3 is 10.4 Å². The first-order chi connectivity index (χ1) is 14.5. The average molecular weight is 423 g/mol. The lowest BCUT2D eigenvalue weighted by atomic mass is 10.1. The second-order valence-corrected chi connectivity index (χ2v) is 7.44. The van der Waals surface area contributed by atoms with E-state index in [1.54, 1.807) is 48.5 Å². The fraction of sp³-hybridized carbons (Fsp3) is 0.182. The molecule has 7 nitrogen and oxygen atoms in total. The number of amides is 1. The highest BCUT2D eigenvalue weighted by atomic mass is 32.2. The summed E-state index contributed by atoms with van der Waals surface area (Å²) in [5, 5.41) is 12.7. The zero-order valence-corrected chi connectivity index (χ0v) is 17.2. The van der Waals surface area contributed by atoms with Crippen LogP contribution in [0.2, 0.25) is 0 Å². The summed E-state index contributed by atoms with van der Waals surface area (Å²) in [6.07, 6.45) is 0.726. The van der Waals surface area contributed by atoms with Crippen LogP contribution in [0.5, 0.6) is 5.88 Å². The highest BCUT2D eigenvalue weighted by molar-refractivity contribution is 7.99. The molecule has 0 radical (unpaired) electrons. The van der Waals surface area contributed by atoms with Crippen LogP contribution in [-0.4, -0.2) is 32.1 Å². The molecule has 30 heavy (non-hydrogen) atoms. The monoisotopic (exact) mass is 423 g/mol. The molecule has 3 rings (SSSR count). The third-order valence-corrected chi connectivity index (χ3v) is 5.22. The highest BCUT2D eigenvalue weighted by Gasteiger charge is 2.13. The van der Waals surface area contributed by atoms with Crippen molar-refractivity contribution in [2.24, 2.45) is 0 Å². The van der Waals surface area contributed by atoms with Crippen molar-refractivity contribution in [2.45, 2.75) is 25.0 Å². The quantitative estimate of drug-likeness (QED) is 0.326. The maximum absolute atomic E-state index is 12.5. The number of hydrogen-bond acceptors (Lipinski definition) is 6. The van der Waals surface area contributed by atoms with Gasteiger partial charge in [-0.2, -0.15) is 4.98 Å². The van der Waals surface area contributed by atoms with Crippen LogP contribution >= 0.6 is 11.8 Å². The predicted molar refractivity (Wildman–Crippen MR) is 116 cm³/mol. The number of aromatic nitrogens is 2. The Labute approximate surface area is 177 Å². The van der Waals surface area contributed by atoms with Gasteiger partial charge in [-0.05, 0) is 42.8 Å². The third-order valence-electron chi connectivity index (χ3n) is 4.24. The standard InChI is InChI=1S/C22H21N3O4S/c1-2-12-25-20(28)13-19(27)24-22(25)30-14-18(26)15-8-10-17(11-9-15)23-21(29)16-6-4-3-5-7-16/h3-11,13,27H,2,12,14H2,1H3,(H,23,29). The van der Waals surface area contributed by atoms with E-state index < -0.39 is 0 Å². The first kappa shape index (κ1) is 21.3. The number of rotatable bonds is 8. The third kappa shape index (κ3) is 5.36. The molecule has 0 bridgehead atoms. The van der Waals surface area contributed by atoms with Gasteiger partial charge in [0.15, 0.2) is 10.9 Å². The van der Waals surface area contributed by atoms with Gasteiger partial charge in [-0.3, -0.25) is 19.0 Å². The number of ketones is 1. The second-order valence-electron chi connectivity index (χ2n) is 6.50. The highest BCUT2D eigenvalue weighted by Crippen LogP contribution is 2.19. The molecule has 0 spiro atoms. The van der Waals surface area contributed by atoms with E-state index in [2.05, 4.69) is 10.3 Å². The molecule has 154 valence electrons. The van der Waals surface area contributed by atoms with Crippen LogP contribution in [0.4, 0.5) is 5.69 Å². The molecule has 3 aromatic rings. The van der Waals surface area contributed by atoms with Gasteiger partial charge in [0.05, 0.1) is 11.8 Å². The molecule has 1 amide bonds. The summed E-state index contributed by atoms with van der Waals surface area (Å²) >= 11 is 1.10. The Bertz CT molecular complexity index is 1100. The van der Waals surface area contributed by atoms with Crippen molar-refractivity contribution in [3.63, 3.8) is 0 Å². The van der Waals surface area contributed by atoms with Gasteiger partial charge in [-0.25, -0.2) is 0 Å². The number of aromatic hydroxyl groups is 1. The Kier molecular flexibility index (Phi) is 7.03. The number of hydrogen-bond donors (Lipinski definition) is 2. The summed E-state index contributed by atoms with van der Waals surface area (Å²) in [7, 11) is 0. The van der Waals surface area contributed by atoms with E-state index in [4.69, 9.17) is 0 Å². The SMILES string of the molecule is CCCn1c(SCC(=O)c2ccc(NC(=O)c3ccccc3)cc2)nc(O)cc1=O. The molecule has 0 saturated carbocycles. The van der Waals surface area contributed by atoms with E-state index >= 15 is 0 Å². The summed E-state index contributed by atoms with van der Waals surface area (Å²) < 4.78 is 1.44. The van der Waals surface area contributed by atoms with Gasteiger partial charge in [-0.15, -0.1) is 0 Å². The van der Waals surface area contributed by atoms with Gasteiger partial charge in [0.25, 0.3) is 11.5 Å². The van der Waals surface area contributed by atoms with Gasteiger partial charge in [-0.1, -0.05) is 36.9 Å². The first-order valence-corrected chi connectivity index (χ1v) is 10.4. The Morgan fingerprint density at radius 2 is 1.77 bits per heavy atom. The Morgan fingerprint density at radius 3 is 2.43 bits per heavy atom. The summed E-state index contributed by atoms with van der Waals surface area (Å²) in [6.45, 7) is 2.38. The first-order valence-electron chi connectivity index (χ1n) is 9.41. The van der Waals surface area contributed by atoms with E-state index in [1.807, 2.05) is 13.0 Å². The zero-order chi connectivity index (χ0) is 21.5. The molecule has 0 aliphatic heterocycles. The van der Waals surface area contributed by atoms with Crippen molar-refractivity contribution in [1.29, 1.82) is 0 Å². The smallest absolute Gasteiger partial charge is 0.257 e. The van der Waals surface area contributed by atoms with E-state index in [-0.39, 0.29) is 28.9 Å². The summed E-state index contributed by atoms with van der Waals surface area (Å²) in [5.41, 5.74) is 1.26. The topological polar surface area (TPSA) is 101 Å². The van der Waals surface area contributed by atoms with Crippen LogP contribution in [0.3, 0.4) is 0 Å². The van der Waals surface area contributed by atoms with Crippen molar-refractivity contribution in [3.05, 3.63) is 82.1 Å². The van der Waals surface area contributed by atoms with Crippen molar-refractivity contribution >= 4 is 29.1 Å². The molecular weight excluding hydrogens is 402 g/mol. The minimum Gasteiger partial charge on any atom is -0.493 e. The summed E-state index contributed by atoms with van der Waals surface area (Å²) in [5.74, 6) is -0.675. The molecule has 1 heterocycles. The van der Waals surface area contributed by atoms with Crippen LogP contribution < -0.4 is 10.9 Å². The number of Topliss-reactive ketones (excluding diaryl/α,β-unsaturated/α-hetero) is 1. The van der Waals surface area contributed by atoms with Crippen molar-refractivity contribution in [1.82, 2.24) is 9.55 Å². The van der Waals surface area contributed by atoms with Gasteiger partial charge in [0.1, 0.15) is 0 Å². The van der Waals surface area contributed by atoms with Crippen LogP contribution in [0.1, 0.15) is 34.1 Å². The fourth-order valence-corrected chi connectivity index (χ4v) is 3.68. The van der Waals surface area contributed by atoms with Crippen LogP contribution in [0.15, 0.2) is 70.6 Å². The number of nitrogens with zero attached hydrogens (tertiary/aromatic N) is 2. The molecular formula is C22H21N3O4S. The van der Waals surface area contributed by atoms with Gasteiger partial charge in [0.2, 0.25) is 5.88 Å². The second kappa shape index (κ2) is 9.89. The zero-order valence-electron chi connectivity index (χ0n) is 16.4. The lowest BCUT2D eigenvalue weighted by Gasteiger charge is -2.10. The van der Waals surface area contributed by atoms with E-state index in [0.29, 0.717) is 28.5 Å². The normalized spacial score (nSPS) is 10.6. The van der Waals surface area contributed by atoms with Gasteiger partial charge in [0, 0.05) is 23.4 Å². The van der Waals surface area contributed by atoms with Crippen molar-refractivity contribution in [2.75, 3.05) is 11.1 Å².